The van der Waals surface area contributed by atoms with Crippen LogP contribution in [0.1, 0.15) is 5.69 Å². The van der Waals surface area contributed by atoms with E-state index in [0.29, 0.717) is 17.8 Å². The number of benzene rings is 1. The molecule has 5 heteroatoms. The van der Waals surface area contributed by atoms with Crippen molar-refractivity contribution in [1.82, 2.24) is 9.78 Å². The Morgan fingerprint density at radius 1 is 1.44 bits per heavy atom. The quantitative estimate of drug-likeness (QED) is 0.920. The number of nitrogens with two attached hydrogens (primary N) is 1. The summed E-state index contributed by atoms with van der Waals surface area (Å²) in [5.74, 6) is -0.272. The SMILES string of the molecule is Cn1cc(-c2cc(Br)ccc2F)c(CN)n1. The van der Waals surface area contributed by atoms with Gasteiger partial charge in [0.05, 0.1) is 5.69 Å². The van der Waals surface area contributed by atoms with E-state index >= 15 is 0 Å². The molecule has 3 nitrogen and oxygen atoms in total. The van der Waals surface area contributed by atoms with Crippen LogP contribution in [-0.2, 0) is 13.6 Å². The number of aromatic nitrogens is 2. The fraction of sp³-hybridized carbons (Fsp3) is 0.182. The van der Waals surface area contributed by atoms with Gasteiger partial charge in [0.2, 0.25) is 0 Å². The summed E-state index contributed by atoms with van der Waals surface area (Å²) in [5.41, 5.74) is 7.53. The van der Waals surface area contributed by atoms with Gasteiger partial charge in [-0.05, 0) is 18.2 Å². The first-order valence-corrected chi connectivity index (χ1v) is 5.59. The molecular formula is C11H11BrFN3. The van der Waals surface area contributed by atoms with Gasteiger partial charge in [-0.15, -0.1) is 0 Å². The summed E-state index contributed by atoms with van der Waals surface area (Å²) in [6.07, 6.45) is 1.77. The Labute approximate surface area is 101 Å². The van der Waals surface area contributed by atoms with Crippen LogP contribution < -0.4 is 5.73 Å². The van der Waals surface area contributed by atoms with Crippen LogP contribution in [0.25, 0.3) is 11.1 Å². The van der Waals surface area contributed by atoms with Gasteiger partial charge < -0.3 is 5.73 Å². The summed E-state index contributed by atoms with van der Waals surface area (Å²) >= 11 is 3.32. The molecule has 84 valence electrons. The van der Waals surface area contributed by atoms with E-state index in [4.69, 9.17) is 5.73 Å². The maximum absolute atomic E-state index is 13.7. The molecule has 0 fully saturated rings. The van der Waals surface area contributed by atoms with Crippen LogP contribution in [0.15, 0.2) is 28.9 Å². The van der Waals surface area contributed by atoms with Gasteiger partial charge in [-0.1, -0.05) is 15.9 Å². The molecule has 0 unspecified atom stereocenters. The minimum absolute atomic E-state index is 0.272. The van der Waals surface area contributed by atoms with Crippen LogP contribution in [0, 0.1) is 5.82 Å². The molecule has 1 heterocycles. The van der Waals surface area contributed by atoms with Crippen molar-refractivity contribution in [3.63, 3.8) is 0 Å². The topological polar surface area (TPSA) is 43.8 Å². The van der Waals surface area contributed by atoms with Crippen LogP contribution in [0.3, 0.4) is 0 Å². The van der Waals surface area contributed by atoms with Crippen molar-refractivity contribution in [3.05, 3.63) is 40.4 Å². The molecule has 2 aromatic rings. The summed E-state index contributed by atoms with van der Waals surface area (Å²) in [5, 5.41) is 4.19. The largest absolute Gasteiger partial charge is 0.325 e. The lowest BCUT2D eigenvalue weighted by Crippen LogP contribution is -2.00. The Morgan fingerprint density at radius 2 is 2.19 bits per heavy atom. The average molecular weight is 284 g/mol. The van der Waals surface area contributed by atoms with Gasteiger partial charge in [-0.25, -0.2) is 4.39 Å². The van der Waals surface area contributed by atoms with E-state index in [1.54, 1.807) is 30.1 Å². The van der Waals surface area contributed by atoms with Gasteiger partial charge in [0, 0.05) is 35.4 Å². The van der Waals surface area contributed by atoms with Crippen LogP contribution in [0.4, 0.5) is 4.39 Å². The number of hydrogen-bond acceptors (Lipinski definition) is 2. The molecule has 0 saturated carbocycles. The molecule has 0 bridgehead atoms. The summed E-state index contributed by atoms with van der Waals surface area (Å²) in [6.45, 7) is 0.294. The lowest BCUT2D eigenvalue weighted by molar-refractivity contribution is 0.631. The number of rotatable bonds is 2. The Bertz CT molecular complexity index is 522. The highest BCUT2D eigenvalue weighted by molar-refractivity contribution is 9.10. The van der Waals surface area contributed by atoms with Crippen LogP contribution in [0.5, 0.6) is 0 Å². The summed E-state index contributed by atoms with van der Waals surface area (Å²) < 4.78 is 16.1. The van der Waals surface area contributed by atoms with E-state index in [9.17, 15) is 4.39 Å². The highest BCUT2D eigenvalue weighted by Gasteiger charge is 2.12. The lowest BCUT2D eigenvalue weighted by atomic mass is 10.1. The molecule has 0 saturated heterocycles. The third-order valence-corrected chi connectivity index (χ3v) is 2.81. The molecule has 0 amide bonds. The zero-order valence-electron chi connectivity index (χ0n) is 8.74. The Hall–Kier alpha value is -1.20. The predicted octanol–water partition coefficient (Wildman–Crippen LogP) is 2.45. The fourth-order valence-corrected chi connectivity index (χ4v) is 1.98. The maximum atomic E-state index is 13.7. The maximum Gasteiger partial charge on any atom is 0.131 e. The van der Waals surface area contributed by atoms with Gasteiger partial charge in [-0.2, -0.15) is 5.10 Å². The molecule has 1 aromatic carbocycles. The Balaban J connectivity index is 2.61. The van der Waals surface area contributed by atoms with E-state index < -0.39 is 0 Å². The first kappa shape index (κ1) is 11.3. The monoisotopic (exact) mass is 283 g/mol. The Kier molecular flexibility index (Phi) is 3.07. The van der Waals surface area contributed by atoms with Gasteiger partial charge >= 0.3 is 0 Å². The summed E-state index contributed by atoms with van der Waals surface area (Å²) in [4.78, 5) is 0. The van der Waals surface area contributed by atoms with Crippen molar-refractivity contribution in [2.75, 3.05) is 0 Å². The molecular weight excluding hydrogens is 273 g/mol. The van der Waals surface area contributed by atoms with Crippen molar-refractivity contribution in [1.29, 1.82) is 0 Å². The molecule has 0 radical (unpaired) electrons. The highest BCUT2D eigenvalue weighted by atomic mass is 79.9. The van der Waals surface area contributed by atoms with Gasteiger partial charge in [0.15, 0.2) is 0 Å². The zero-order valence-corrected chi connectivity index (χ0v) is 10.3. The fourth-order valence-electron chi connectivity index (χ4n) is 1.61. The summed E-state index contributed by atoms with van der Waals surface area (Å²) in [7, 11) is 1.79. The van der Waals surface area contributed by atoms with Crippen LogP contribution >= 0.6 is 15.9 Å². The van der Waals surface area contributed by atoms with Crippen molar-refractivity contribution in [2.45, 2.75) is 6.54 Å². The van der Waals surface area contributed by atoms with Crippen LogP contribution in [0.2, 0.25) is 0 Å². The number of hydrogen-bond donors (Lipinski definition) is 1. The molecule has 2 rings (SSSR count). The molecule has 0 spiro atoms. The smallest absolute Gasteiger partial charge is 0.131 e. The lowest BCUT2D eigenvalue weighted by Gasteiger charge is -2.03. The third-order valence-electron chi connectivity index (χ3n) is 2.32. The summed E-state index contributed by atoms with van der Waals surface area (Å²) in [6, 6.07) is 4.82. The first-order chi connectivity index (χ1) is 7.61. The van der Waals surface area contributed by atoms with E-state index in [1.807, 2.05) is 0 Å². The van der Waals surface area contributed by atoms with Gasteiger partial charge in [0.1, 0.15) is 5.82 Å². The molecule has 0 aliphatic heterocycles. The van der Waals surface area contributed by atoms with Crippen molar-refractivity contribution in [2.24, 2.45) is 12.8 Å². The average Bonchev–Trinajstić information content (AvgIpc) is 2.63. The molecule has 0 atom stereocenters. The van der Waals surface area contributed by atoms with Gasteiger partial charge in [-0.3, -0.25) is 4.68 Å². The van der Waals surface area contributed by atoms with E-state index in [1.165, 1.54) is 6.07 Å². The third kappa shape index (κ3) is 2.01. The molecule has 0 aliphatic carbocycles. The number of nitrogens with zero attached hydrogens (tertiary/aromatic N) is 2. The van der Waals surface area contributed by atoms with Crippen molar-refractivity contribution >= 4 is 15.9 Å². The minimum Gasteiger partial charge on any atom is -0.325 e. The second-order valence-corrected chi connectivity index (χ2v) is 4.41. The van der Waals surface area contributed by atoms with E-state index in [-0.39, 0.29) is 5.82 Å². The Morgan fingerprint density at radius 3 is 2.88 bits per heavy atom. The number of halogens is 2. The first-order valence-electron chi connectivity index (χ1n) is 4.80. The van der Waals surface area contributed by atoms with Gasteiger partial charge in [0.25, 0.3) is 0 Å². The minimum atomic E-state index is -0.272. The van der Waals surface area contributed by atoms with Crippen molar-refractivity contribution in [3.8, 4) is 11.1 Å². The van der Waals surface area contributed by atoms with E-state index in [2.05, 4.69) is 21.0 Å². The standard InChI is InChI=1S/C11H11BrFN3/c1-16-6-9(11(5-14)15-16)8-4-7(12)2-3-10(8)13/h2-4,6H,5,14H2,1H3. The normalized spacial score (nSPS) is 10.8. The highest BCUT2D eigenvalue weighted by Crippen LogP contribution is 2.28. The second-order valence-electron chi connectivity index (χ2n) is 3.49. The molecule has 0 aliphatic rings. The molecule has 2 N–H and O–H groups in total. The van der Waals surface area contributed by atoms with Crippen molar-refractivity contribution < 1.29 is 4.39 Å². The zero-order chi connectivity index (χ0) is 11.7. The second kappa shape index (κ2) is 4.35. The molecule has 16 heavy (non-hydrogen) atoms. The molecule has 1 aromatic heterocycles. The van der Waals surface area contributed by atoms with Crippen LogP contribution in [-0.4, -0.2) is 9.78 Å². The van der Waals surface area contributed by atoms with E-state index in [0.717, 1.165) is 10.0 Å². The predicted molar refractivity (Wildman–Crippen MR) is 64.2 cm³/mol. The number of aryl methyl sites for hydroxylation is 1.